The van der Waals surface area contributed by atoms with Gasteiger partial charge in [-0.25, -0.2) is 0 Å². The van der Waals surface area contributed by atoms with E-state index in [-0.39, 0.29) is 12.1 Å². The molecule has 1 rings (SSSR count). The molecule has 1 aliphatic rings. The van der Waals surface area contributed by atoms with Crippen molar-refractivity contribution in [3.8, 4) is 0 Å². The fourth-order valence-electron chi connectivity index (χ4n) is 3.05. The molecule has 2 N–H and O–H groups in total. The Balaban J connectivity index is 2.15. The van der Waals surface area contributed by atoms with E-state index in [1.165, 1.54) is 51.7 Å². The van der Waals surface area contributed by atoms with Gasteiger partial charge >= 0.3 is 0 Å². The van der Waals surface area contributed by atoms with E-state index < -0.39 is 0 Å². The highest BCUT2D eigenvalue weighted by Gasteiger charge is 2.21. The van der Waals surface area contributed by atoms with Crippen molar-refractivity contribution in [1.29, 1.82) is 0 Å². The minimum absolute atomic E-state index is 0.0813. The van der Waals surface area contributed by atoms with Gasteiger partial charge in [0.15, 0.2) is 0 Å². The summed E-state index contributed by atoms with van der Waals surface area (Å²) < 4.78 is 0. The van der Waals surface area contributed by atoms with Gasteiger partial charge in [0.05, 0.1) is 6.61 Å². The summed E-state index contributed by atoms with van der Waals surface area (Å²) in [5, 5.41) is 12.9. The number of hydrogen-bond donors (Lipinski definition) is 2. The lowest BCUT2D eigenvalue weighted by Crippen LogP contribution is -2.45. The van der Waals surface area contributed by atoms with Crippen molar-refractivity contribution in [3.63, 3.8) is 0 Å². The fraction of sp³-hybridized carbons (Fsp3) is 1.00. The average Bonchev–Trinajstić information content (AvgIpc) is 2.60. The summed E-state index contributed by atoms with van der Waals surface area (Å²) in [7, 11) is 0. The molecule has 0 amide bonds. The van der Waals surface area contributed by atoms with Gasteiger partial charge < -0.3 is 15.3 Å². The van der Waals surface area contributed by atoms with Crippen molar-refractivity contribution >= 4 is 0 Å². The first-order valence-electron chi connectivity index (χ1n) is 8.18. The van der Waals surface area contributed by atoms with Crippen molar-refractivity contribution in [1.82, 2.24) is 10.2 Å². The Morgan fingerprint density at radius 2 is 2.05 bits per heavy atom. The topological polar surface area (TPSA) is 35.5 Å². The Morgan fingerprint density at radius 3 is 2.74 bits per heavy atom. The Kier molecular flexibility index (Phi) is 7.96. The molecular weight excluding hydrogens is 236 g/mol. The number of aliphatic hydroxyl groups excluding tert-OH is 1. The third-order valence-corrected chi connectivity index (χ3v) is 4.51. The third kappa shape index (κ3) is 6.73. The van der Waals surface area contributed by atoms with Gasteiger partial charge in [-0.15, -0.1) is 0 Å². The minimum Gasteiger partial charge on any atom is -0.394 e. The van der Waals surface area contributed by atoms with Crippen molar-refractivity contribution in [2.24, 2.45) is 5.92 Å². The Morgan fingerprint density at radius 1 is 1.26 bits per heavy atom. The lowest BCUT2D eigenvalue weighted by atomic mass is 9.95. The van der Waals surface area contributed by atoms with Crippen LogP contribution in [-0.4, -0.2) is 48.3 Å². The molecule has 1 saturated heterocycles. The molecule has 1 aliphatic heterocycles. The van der Waals surface area contributed by atoms with Gasteiger partial charge in [0.25, 0.3) is 0 Å². The number of rotatable bonds is 8. The molecule has 0 aromatic rings. The quantitative estimate of drug-likeness (QED) is 0.666. The Bertz CT molecular complexity index is 235. The summed E-state index contributed by atoms with van der Waals surface area (Å²) >= 11 is 0. The third-order valence-electron chi connectivity index (χ3n) is 4.51. The van der Waals surface area contributed by atoms with Crippen LogP contribution >= 0.6 is 0 Å². The van der Waals surface area contributed by atoms with Crippen LogP contribution in [0.2, 0.25) is 0 Å². The molecule has 0 saturated carbocycles. The number of aliphatic hydroxyl groups is 1. The lowest BCUT2D eigenvalue weighted by molar-refractivity contribution is 0.162. The molecule has 1 fully saturated rings. The van der Waals surface area contributed by atoms with E-state index in [4.69, 9.17) is 0 Å². The van der Waals surface area contributed by atoms with Crippen molar-refractivity contribution in [2.75, 3.05) is 32.8 Å². The van der Waals surface area contributed by atoms with Crippen LogP contribution in [0.5, 0.6) is 0 Å². The maximum atomic E-state index is 9.46. The summed E-state index contributed by atoms with van der Waals surface area (Å²) in [5.74, 6) is 0.913. The highest BCUT2D eigenvalue weighted by atomic mass is 16.3. The van der Waals surface area contributed by atoms with E-state index in [9.17, 15) is 5.11 Å². The first-order valence-corrected chi connectivity index (χ1v) is 8.18. The summed E-state index contributed by atoms with van der Waals surface area (Å²) in [5.41, 5.74) is -0.0813. The predicted octanol–water partition coefficient (Wildman–Crippen LogP) is 2.64. The van der Waals surface area contributed by atoms with Gasteiger partial charge in [-0.2, -0.15) is 0 Å². The van der Waals surface area contributed by atoms with E-state index in [1.54, 1.807) is 0 Å². The molecule has 0 bridgehead atoms. The molecular formula is C16H34N2O. The molecule has 114 valence electrons. The molecule has 19 heavy (non-hydrogen) atoms. The van der Waals surface area contributed by atoms with Crippen LogP contribution in [0.4, 0.5) is 0 Å². The first-order chi connectivity index (χ1) is 9.09. The molecule has 3 heteroatoms. The van der Waals surface area contributed by atoms with E-state index in [1.807, 2.05) is 0 Å². The van der Waals surface area contributed by atoms with Crippen LogP contribution in [0.25, 0.3) is 0 Å². The zero-order valence-corrected chi connectivity index (χ0v) is 13.2. The molecule has 3 nitrogen and oxygen atoms in total. The summed E-state index contributed by atoms with van der Waals surface area (Å²) in [6, 6.07) is 0. The number of likely N-dealkylation sites (tertiary alicyclic amines) is 1. The van der Waals surface area contributed by atoms with Crippen LogP contribution < -0.4 is 5.32 Å². The van der Waals surface area contributed by atoms with Crippen LogP contribution in [-0.2, 0) is 0 Å². The number of nitrogens with zero attached hydrogens (tertiary/aromatic N) is 1. The number of nitrogens with one attached hydrogen (secondary N) is 1. The van der Waals surface area contributed by atoms with Gasteiger partial charge in [-0.3, -0.25) is 0 Å². The molecule has 2 unspecified atom stereocenters. The Hall–Kier alpha value is -0.120. The average molecular weight is 270 g/mol. The summed E-state index contributed by atoms with van der Waals surface area (Å²) in [6.07, 6.45) is 7.67. The molecule has 0 aromatic carbocycles. The number of unbranched alkanes of at least 4 members (excludes halogenated alkanes) is 1. The predicted molar refractivity (Wildman–Crippen MR) is 82.5 cm³/mol. The van der Waals surface area contributed by atoms with Crippen LogP contribution in [0.1, 0.15) is 59.3 Å². The number of likely N-dealkylation sites (N-methyl/N-ethyl adjacent to an activating group) is 1. The van der Waals surface area contributed by atoms with E-state index >= 15 is 0 Å². The maximum absolute atomic E-state index is 9.46. The van der Waals surface area contributed by atoms with E-state index in [0.717, 1.165) is 18.9 Å². The second kappa shape index (κ2) is 8.93. The van der Waals surface area contributed by atoms with Gasteiger partial charge in [0.2, 0.25) is 0 Å². The number of hydrogen-bond acceptors (Lipinski definition) is 3. The molecule has 1 heterocycles. The molecule has 0 spiro atoms. The molecule has 0 aromatic heterocycles. The van der Waals surface area contributed by atoms with Crippen molar-refractivity contribution in [3.05, 3.63) is 0 Å². The second-order valence-corrected chi connectivity index (χ2v) is 6.58. The first kappa shape index (κ1) is 16.9. The monoisotopic (exact) mass is 270 g/mol. The largest absolute Gasteiger partial charge is 0.394 e. The maximum Gasteiger partial charge on any atom is 0.0610 e. The fourth-order valence-corrected chi connectivity index (χ4v) is 3.05. The summed E-state index contributed by atoms with van der Waals surface area (Å²) in [4.78, 5) is 2.63. The van der Waals surface area contributed by atoms with Gasteiger partial charge in [0.1, 0.15) is 0 Å². The molecule has 2 atom stereocenters. The van der Waals surface area contributed by atoms with Crippen molar-refractivity contribution in [2.45, 2.75) is 64.8 Å². The standard InChI is InChI=1S/C16H34N2O/c1-4-17-16(3,14-19)10-5-6-11-18-12-7-8-15(2)9-13-18/h15,17,19H,4-14H2,1-3H3. The van der Waals surface area contributed by atoms with Gasteiger partial charge in [0, 0.05) is 5.54 Å². The SMILES string of the molecule is CCNC(C)(CO)CCCCN1CCCC(C)CC1. The highest BCUT2D eigenvalue weighted by Crippen LogP contribution is 2.18. The van der Waals surface area contributed by atoms with Crippen LogP contribution in [0.15, 0.2) is 0 Å². The van der Waals surface area contributed by atoms with E-state index in [0.29, 0.717) is 0 Å². The highest BCUT2D eigenvalue weighted by molar-refractivity contribution is 4.81. The molecule has 0 aliphatic carbocycles. The Labute approximate surface area is 119 Å². The summed E-state index contributed by atoms with van der Waals surface area (Å²) in [6.45, 7) is 11.6. The van der Waals surface area contributed by atoms with Gasteiger partial charge in [-0.1, -0.05) is 20.3 Å². The minimum atomic E-state index is -0.0813. The smallest absolute Gasteiger partial charge is 0.0610 e. The molecule has 0 radical (unpaired) electrons. The van der Waals surface area contributed by atoms with Crippen molar-refractivity contribution < 1.29 is 5.11 Å². The zero-order chi connectivity index (χ0) is 14.1. The normalized spacial score (nSPS) is 24.9. The van der Waals surface area contributed by atoms with Crippen LogP contribution in [0.3, 0.4) is 0 Å². The van der Waals surface area contributed by atoms with Crippen LogP contribution in [0, 0.1) is 5.92 Å². The van der Waals surface area contributed by atoms with Gasteiger partial charge in [-0.05, 0) is 71.1 Å². The zero-order valence-electron chi connectivity index (χ0n) is 13.2. The van der Waals surface area contributed by atoms with E-state index in [2.05, 4.69) is 31.0 Å². The second-order valence-electron chi connectivity index (χ2n) is 6.58. The lowest BCUT2D eigenvalue weighted by Gasteiger charge is -2.29.